The third-order valence-electron chi connectivity index (χ3n) is 1.37. The highest BCUT2D eigenvalue weighted by Gasteiger charge is 2.05. The SMILES string of the molecule is CC(=O)NC/C=C\CC(C)(C)C. The topological polar surface area (TPSA) is 29.1 Å². The molecule has 0 saturated carbocycles. The minimum atomic E-state index is 0.0235. The van der Waals surface area contributed by atoms with Gasteiger partial charge in [0.25, 0.3) is 0 Å². The van der Waals surface area contributed by atoms with Crippen LogP contribution in [0.15, 0.2) is 12.2 Å². The quantitative estimate of drug-likeness (QED) is 0.644. The van der Waals surface area contributed by atoms with Crippen LogP contribution in [0.1, 0.15) is 34.1 Å². The highest BCUT2D eigenvalue weighted by Crippen LogP contribution is 2.18. The Kier molecular flexibility index (Phi) is 4.64. The van der Waals surface area contributed by atoms with Crippen molar-refractivity contribution in [3.63, 3.8) is 0 Å². The standard InChI is InChI=1S/C10H19NO/c1-9(12)11-8-6-5-7-10(2,3)4/h5-6H,7-8H2,1-4H3,(H,11,12)/b6-5-. The second-order valence-corrected chi connectivity index (χ2v) is 4.17. The lowest BCUT2D eigenvalue weighted by Crippen LogP contribution is -2.19. The number of hydrogen-bond acceptors (Lipinski definition) is 1. The third-order valence-corrected chi connectivity index (χ3v) is 1.37. The summed E-state index contributed by atoms with van der Waals surface area (Å²) in [7, 11) is 0. The summed E-state index contributed by atoms with van der Waals surface area (Å²) in [6.45, 7) is 8.74. The molecule has 70 valence electrons. The smallest absolute Gasteiger partial charge is 0.217 e. The van der Waals surface area contributed by atoms with E-state index in [2.05, 4.69) is 32.2 Å². The minimum Gasteiger partial charge on any atom is -0.353 e. The van der Waals surface area contributed by atoms with E-state index >= 15 is 0 Å². The average molecular weight is 169 g/mol. The summed E-state index contributed by atoms with van der Waals surface area (Å²) in [4.78, 5) is 10.5. The highest BCUT2D eigenvalue weighted by molar-refractivity contribution is 5.72. The molecule has 0 unspecified atom stereocenters. The zero-order valence-electron chi connectivity index (χ0n) is 8.48. The number of rotatable bonds is 3. The molecule has 1 N–H and O–H groups in total. The van der Waals surface area contributed by atoms with Gasteiger partial charge in [0.05, 0.1) is 0 Å². The van der Waals surface area contributed by atoms with Gasteiger partial charge in [-0.2, -0.15) is 0 Å². The van der Waals surface area contributed by atoms with Gasteiger partial charge in [-0.25, -0.2) is 0 Å². The Bertz CT molecular complexity index is 165. The largest absolute Gasteiger partial charge is 0.353 e. The number of amides is 1. The Labute approximate surface area is 75.0 Å². The Balaban J connectivity index is 3.45. The molecule has 0 aromatic carbocycles. The number of nitrogens with one attached hydrogen (secondary N) is 1. The van der Waals surface area contributed by atoms with Gasteiger partial charge in [-0.1, -0.05) is 32.9 Å². The molecule has 0 aromatic rings. The maximum Gasteiger partial charge on any atom is 0.217 e. The van der Waals surface area contributed by atoms with Crippen LogP contribution in [0.25, 0.3) is 0 Å². The molecule has 0 bridgehead atoms. The van der Waals surface area contributed by atoms with Crippen LogP contribution in [0.5, 0.6) is 0 Å². The van der Waals surface area contributed by atoms with E-state index in [1.165, 1.54) is 6.92 Å². The van der Waals surface area contributed by atoms with Crippen LogP contribution in [0, 0.1) is 5.41 Å². The average Bonchev–Trinajstić information content (AvgIpc) is 1.83. The monoisotopic (exact) mass is 169 g/mol. The highest BCUT2D eigenvalue weighted by atomic mass is 16.1. The van der Waals surface area contributed by atoms with Crippen LogP contribution < -0.4 is 5.32 Å². The van der Waals surface area contributed by atoms with Gasteiger partial charge >= 0.3 is 0 Å². The van der Waals surface area contributed by atoms with Crippen molar-refractivity contribution in [2.24, 2.45) is 5.41 Å². The molecule has 0 rings (SSSR count). The van der Waals surface area contributed by atoms with Gasteiger partial charge in [0.1, 0.15) is 0 Å². The van der Waals surface area contributed by atoms with E-state index in [0.717, 1.165) is 6.42 Å². The Morgan fingerprint density at radius 3 is 2.33 bits per heavy atom. The molecule has 2 nitrogen and oxygen atoms in total. The van der Waals surface area contributed by atoms with Crippen LogP contribution in [0.3, 0.4) is 0 Å². The first-order valence-electron chi connectivity index (χ1n) is 4.31. The molecule has 0 aliphatic carbocycles. The minimum absolute atomic E-state index is 0.0235. The molecule has 0 saturated heterocycles. The summed E-state index contributed by atoms with van der Waals surface area (Å²) in [5.74, 6) is 0.0235. The van der Waals surface area contributed by atoms with Crippen molar-refractivity contribution in [1.82, 2.24) is 5.32 Å². The van der Waals surface area contributed by atoms with Crippen molar-refractivity contribution in [2.45, 2.75) is 34.1 Å². The number of carbonyl (C=O) groups is 1. The van der Waals surface area contributed by atoms with Gasteiger partial charge in [-0.15, -0.1) is 0 Å². The lowest BCUT2D eigenvalue weighted by atomic mass is 9.92. The molecule has 0 radical (unpaired) electrons. The van der Waals surface area contributed by atoms with Crippen molar-refractivity contribution in [3.05, 3.63) is 12.2 Å². The second kappa shape index (κ2) is 4.96. The van der Waals surface area contributed by atoms with Gasteiger partial charge in [-0.05, 0) is 11.8 Å². The molecular formula is C10H19NO. The molecule has 0 heterocycles. The summed E-state index contributed by atoms with van der Waals surface area (Å²) in [5, 5.41) is 2.71. The molecule has 1 amide bonds. The number of hydrogen-bond donors (Lipinski definition) is 1. The van der Waals surface area contributed by atoms with Crippen molar-refractivity contribution in [1.29, 1.82) is 0 Å². The molecule has 0 spiro atoms. The number of allylic oxidation sites excluding steroid dienone is 1. The summed E-state index contributed by atoms with van der Waals surface area (Å²) < 4.78 is 0. The fraction of sp³-hybridized carbons (Fsp3) is 0.700. The Hall–Kier alpha value is -0.790. The predicted octanol–water partition coefficient (Wildman–Crippen LogP) is 2.11. The predicted molar refractivity (Wildman–Crippen MR) is 51.9 cm³/mol. The van der Waals surface area contributed by atoms with Gasteiger partial charge in [0, 0.05) is 13.5 Å². The molecule has 12 heavy (non-hydrogen) atoms. The summed E-state index contributed by atoms with van der Waals surface area (Å²) in [5.41, 5.74) is 0.340. The van der Waals surface area contributed by atoms with E-state index < -0.39 is 0 Å². The van der Waals surface area contributed by atoms with E-state index in [0.29, 0.717) is 12.0 Å². The molecule has 0 aliphatic rings. The molecule has 0 fully saturated rings. The summed E-state index contributed by atoms with van der Waals surface area (Å²) >= 11 is 0. The van der Waals surface area contributed by atoms with E-state index in [9.17, 15) is 4.79 Å². The molecule has 0 aromatic heterocycles. The van der Waals surface area contributed by atoms with Gasteiger partial charge < -0.3 is 5.32 Å². The van der Waals surface area contributed by atoms with Gasteiger partial charge in [0.2, 0.25) is 5.91 Å². The van der Waals surface area contributed by atoms with Crippen LogP contribution in [-0.2, 0) is 4.79 Å². The van der Waals surface area contributed by atoms with Gasteiger partial charge in [-0.3, -0.25) is 4.79 Å². The van der Waals surface area contributed by atoms with Crippen molar-refractivity contribution in [3.8, 4) is 0 Å². The van der Waals surface area contributed by atoms with E-state index in [1.807, 2.05) is 6.08 Å². The Morgan fingerprint density at radius 1 is 1.33 bits per heavy atom. The van der Waals surface area contributed by atoms with Gasteiger partial charge in [0.15, 0.2) is 0 Å². The fourth-order valence-electron chi connectivity index (χ4n) is 0.723. The zero-order chi connectivity index (χ0) is 9.61. The van der Waals surface area contributed by atoms with E-state index in [-0.39, 0.29) is 5.91 Å². The summed E-state index contributed by atoms with van der Waals surface area (Å²) in [6, 6.07) is 0. The first-order chi connectivity index (χ1) is 5.42. The maximum absolute atomic E-state index is 10.5. The lowest BCUT2D eigenvalue weighted by molar-refractivity contribution is -0.118. The van der Waals surface area contributed by atoms with Crippen LogP contribution in [-0.4, -0.2) is 12.5 Å². The first kappa shape index (κ1) is 11.2. The van der Waals surface area contributed by atoms with E-state index in [1.54, 1.807) is 0 Å². The normalized spacial score (nSPS) is 12.0. The second-order valence-electron chi connectivity index (χ2n) is 4.17. The molecule has 0 aliphatic heterocycles. The lowest BCUT2D eigenvalue weighted by Gasteiger charge is -2.14. The maximum atomic E-state index is 10.5. The summed E-state index contributed by atoms with van der Waals surface area (Å²) in [6.07, 6.45) is 5.15. The number of carbonyl (C=O) groups excluding carboxylic acids is 1. The zero-order valence-corrected chi connectivity index (χ0v) is 8.48. The fourth-order valence-corrected chi connectivity index (χ4v) is 0.723. The van der Waals surface area contributed by atoms with Crippen molar-refractivity contribution >= 4 is 5.91 Å². The third kappa shape index (κ3) is 9.21. The Morgan fingerprint density at radius 2 is 1.92 bits per heavy atom. The van der Waals surface area contributed by atoms with Crippen LogP contribution >= 0.6 is 0 Å². The van der Waals surface area contributed by atoms with Crippen molar-refractivity contribution < 1.29 is 4.79 Å². The molecular weight excluding hydrogens is 150 g/mol. The first-order valence-corrected chi connectivity index (χ1v) is 4.31. The van der Waals surface area contributed by atoms with Crippen LogP contribution in [0.2, 0.25) is 0 Å². The molecule has 2 heteroatoms. The molecule has 0 atom stereocenters. The van der Waals surface area contributed by atoms with Crippen molar-refractivity contribution in [2.75, 3.05) is 6.54 Å². The van der Waals surface area contributed by atoms with E-state index in [4.69, 9.17) is 0 Å². The van der Waals surface area contributed by atoms with Crippen LogP contribution in [0.4, 0.5) is 0 Å².